The highest BCUT2D eigenvalue weighted by atomic mass is 32.1. The highest BCUT2D eigenvalue weighted by Crippen LogP contribution is 2.25. The molecule has 0 spiro atoms. The predicted molar refractivity (Wildman–Crippen MR) is 92.7 cm³/mol. The average molecular weight is 363 g/mol. The molecule has 6 nitrogen and oxygen atoms in total. The summed E-state index contributed by atoms with van der Waals surface area (Å²) in [5, 5.41) is 5.02. The molecule has 1 aromatic heterocycles. The molecule has 1 N–H and O–H groups in total. The average Bonchev–Trinajstić information content (AvgIpc) is 3.24. The van der Waals surface area contributed by atoms with E-state index in [0.29, 0.717) is 23.8 Å². The van der Waals surface area contributed by atoms with E-state index in [1.807, 2.05) is 4.90 Å². The van der Waals surface area contributed by atoms with E-state index in [4.69, 9.17) is 4.74 Å². The molecule has 1 fully saturated rings. The first-order chi connectivity index (χ1) is 12.1. The molecule has 2 heterocycles. The van der Waals surface area contributed by atoms with Gasteiger partial charge in [-0.05, 0) is 43.7 Å². The summed E-state index contributed by atoms with van der Waals surface area (Å²) >= 11 is 1.30. The molecule has 1 amide bonds. The molecule has 3 rings (SSSR count). The Balaban J connectivity index is 1.60. The molecule has 25 heavy (non-hydrogen) atoms. The summed E-state index contributed by atoms with van der Waals surface area (Å²) in [6.45, 7) is 0.803. The van der Waals surface area contributed by atoms with Crippen LogP contribution in [0.5, 0.6) is 0 Å². The summed E-state index contributed by atoms with van der Waals surface area (Å²) < 4.78 is 17.8. The third kappa shape index (κ3) is 4.21. The molecule has 0 bridgehead atoms. The lowest BCUT2D eigenvalue weighted by Crippen LogP contribution is -2.41. The first-order valence-corrected chi connectivity index (χ1v) is 8.78. The molecule has 1 unspecified atom stereocenters. The van der Waals surface area contributed by atoms with E-state index in [-0.39, 0.29) is 30.3 Å². The van der Waals surface area contributed by atoms with E-state index in [2.05, 4.69) is 10.3 Å². The van der Waals surface area contributed by atoms with Crippen LogP contribution in [0.4, 0.5) is 9.52 Å². The van der Waals surface area contributed by atoms with Crippen molar-refractivity contribution in [3.63, 3.8) is 0 Å². The fourth-order valence-corrected chi connectivity index (χ4v) is 3.58. The normalized spacial score (nSPS) is 17.4. The lowest BCUT2D eigenvalue weighted by atomic mass is 10.2. The van der Waals surface area contributed by atoms with Gasteiger partial charge < -0.3 is 10.1 Å². The van der Waals surface area contributed by atoms with Crippen molar-refractivity contribution in [2.24, 2.45) is 0 Å². The van der Waals surface area contributed by atoms with Gasteiger partial charge in [0.25, 0.3) is 0 Å². The summed E-state index contributed by atoms with van der Waals surface area (Å²) in [7, 11) is 1.35. The molecule has 8 heteroatoms. The van der Waals surface area contributed by atoms with Crippen LogP contribution < -0.4 is 5.32 Å². The number of esters is 1. The third-order valence-corrected chi connectivity index (χ3v) is 4.83. The van der Waals surface area contributed by atoms with Gasteiger partial charge >= 0.3 is 5.97 Å². The molecule has 2 aromatic rings. The number of benzene rings is 1. The van der Waals surface area contributed by atoms with Gasteiger partial charge in [-0.15, -0.1) is 11.3 Å². The van der Waals surface area contributed by atoms with Crippen LogP contribution in [0.1, 0.15) is 12.8 Å². The summed E-state index contributed by atoms with van der Waals surface area (Å²) in [4.78, 5) is 30.1. The molecule has 0 aliphatic carbocycles. The maximum atomic E-state index is 13.0. The van der Waals surface area contributed by atoms with E-state index in [9.17, 15) is 14.0 Å². The molecular formula is C17H18FN3O3S. The summed E-state index contributed by atoms with van der Waals surface area (Å²) in [6, 6.07) is 5.66. The number of carbonyl (C=O) groups excluding carboxylic acids is 2. The van der Waals surface area contributed by atoms with E-state index < -0.39 is 0 Å². The topological polar surface area (TPSA) is 71.5 Å². The number of amides is 1. The Kier molecular flexibility index (Phi) is 5.40. The standard InChI is InChI=1S/C17H18FN3O3S/c1-24-16(23)14-3-2-8-21(14)9-15(22)20-17-19-13(10-25-17)11-4-6-12(18)7-5-11/h4-7,10,14H,2-3,8-9H2,1H3,(H,19,20,22). The van der Waals surface area contributed by atoms with Gasteiger partial charge in [0, 0.05) is 10.9 Å². The molecular weight excluding hydrogens is 345 g/mol. The fraction of sp³-hybridized carbons (Fsp3) is 0.353. The van der Waals surface area contributed by atoms with Crippen LogP contribution in [-0.4, -0.2) is 48.0 Å². The number of methoxy groups -OCH3 is 1. The third-order valence-electron chi connectivity index (χ3n) is 4.07. The number of hydrogen-bond donors (Lipinski definition) is 1. The van der Waals surface area contributed by atoms with Gasteiger partial charge in [0.05, 0.1) is 19.3 Å². The Labute approximate surface area is 148 Å². The SMILES string of the molecule is COC(=O)C1CCCN1CC(=O)Nc1nc(-c2ccc(F)cc2)cs1. The zero-order valence-electron chi connectivity index (χ0n) is 13.7. The number of anilines is 1. The van der Waals surface area contributed by atoms with Gasteiger partial charge in [-0.2, -0.15) is 0 Å². The summed E-state index contributed by atoms with van der Waals surface area (Å²) in [5.74, 6) is -0.841. The number of rotatable bonds is 5. The minimum Gasteiger partial charge on any atom is -0.468 e. The summed E-state index contributed by atoms with van der Waals surface area (Å²) in [6.07, 6.45) is 1.56. The lowest BCUT2D eigenvalue weighted by molar-refractivity contribution is -0.146. The highest BCUT2D eigenvalue weighted by Gasteiger charge is 2.32. The number of nitrogens with one attached hydrogen (secondary N) is 1. The van der Waals surface area contributed by atoms with E-state index in [1.165, 1.54) is 30.6 Å². The van der Waals surface area contributed by atoms with Crippen LogP contribution in [0.15, 0.2) is 29.6 Å². The largest absolute Gasteiger partial charge is 0.468 e. The van der Waals surface area contributed by atoms with Crippen molar-refractivity contribution in [1.82, 2.24) is 9.88 Å². The Morgan fingerprint density at radius 1 is 1.40 bits per heavy atom. The highest BCUT2D eigenvalue weighted by molar-refractivity contribution is 7.14. The lowest BCUT2D eigenvalue weighted by Gasteiger charge is -2.21. The van der Waals surface area contributed by atoms with Crippen LogP contribution in [0, 0.1) is 5.82 Å². The number of ether oxygens (including phenoxy) is 1. The second-order valence-corrected chi connectivity index (χ2v) is 6.60. The van der Waals surface area contributed by atoms with E-state index in [0.717, 1.165) is 12.0 Å². The van der Waals surface area contributed by atoms with Crippen LogP contribution in [-0.2, 0) is 14.3 Å². The Hall–Kier alpha value is -2.32. The van der Waals surface area contributed by atoms with Gasteiger partial charge in [0.1, 0.15) is 11.9 Å². The smallest absolute Gasteiger partial charge is 0.323 e. The monoisotopic (exact) mass is 363 g/mol. The van der Waals surface area contributed by atoms with Crippen molar-refractivity contribution in [2.75, 3.05) is 25.5 Å². The van der Waals surface area contributed by atoms with Gasteiger partial charge in [-0.1, -0.05) is 0 Å². The van der Waals surface area contributed by atoms with Gasteiger partial charge in [0.15, 0.2) is 5.13 Å². The van der Waals surface area contributed by atoms with Crippen molar-refractivity contribution >= 4 is 28.3 Å². The van der Waals surface area contributed by atoms with Crippen LogP contribution in [0.25, 0.3) is 11.3 Å². The number of nitrogens with zero attached hydrogens (tertiary/aromatic N) is 2. The van der Waals surface area contributed by atoms with Crippen molar-refractivity contribution in [3.05, 3.63) is 35.5 Å². The van der Waals surface area contributed by atoms with Gasteiger partial charge in [-0.3, -0.25) is 14.5 Å². The maximum Gasteiger partial charge on any atom is 0.323 e. The van der Waals surface area contributed by atoms with Gasteiger partial charge in [0.2, 0.25) is 5.91 Å². The summed E-state index contributed by atoms with van der Waals surface area (Å²) in [5.41, 5.74) is 1.46. The second-order valence-electron chi connectivity index (χ2n) is 5.74. The number of aromatic nitrogens is 1. The van der Waals surface area contributed by atoms with Gasteiger partial charge in [-0.25, -0.2) is 9.37 Å². The molecule has 1 aliphatic heterocycles. The number of hydrogen-bond acceptors (Lipinski definition) is 6. The zero-order chi connectivity index (χ0) is 17.8. The molecule has 1 atom stereocenters. The minimum atomic E-state index is -0.359. The molecule has 132 valence electrons. The van der Waals surface area contributed by atoms with E-state index >= 15 is 0 Å². The van der Waals surface area contributed by atoms with Crippen molar-refractivity contribution < 1.29 is 18.7 Å². The van der Waals surface area contributed by atoms with Crippen LogP contribution in [0.3, 0.4) is 0 Å². The predicted octanol–water partition coefficient (Wildman–Crippen LogP) is 2.53. The first-order valence-electron chi connectivity index (χ1n) is 7.90. The van der Waals surface area contributed by atoms with Crippen LogP contribution in [0.2, 0.25) is 0 Å². The number of halogens is 1. The molecule has 0 saturated carbocycles. The van der Waals surface area contributed by atoms with Crippen molar-refractivity contribution in [1.29, 1.82) is 0 Å². The molecule has 0 radical (unpaired) electrons. The van der Waals surface area contributed by atoms with E-state index in [1.54, 1.807) is 17.5 Å². The molecule has 1 aromatic carbocycles. The number of carbonyl (C=O) groups is 2. The molecule has 1 saturated heterocycles. The Bertz CT molecular complexity index is 763. The number of thiazole rings is 1. The van der Waals surface area contributed by atoms with Crippen molar-refractivity contribution in [2.45, 2.75) is 18.9 Å². The second kappa shape index (κ2) is 7.71. The Morgan fingerprint density at radius 2 is 2.16 bits per heavy atom. The molecule has 1 aliphatic rings. The van der Waals surface area contributed by atoms with Crippen LogP contribution >= 0.6 is 11.3 Å². The van der Waals surface area contributed by atoms with Crippen molar-refractivity contribution in [3.8, 4) is 11.3 Å². The minimum absolute atomic E-state index is 0.116. The fourth-order valence-electron chi connectivity index (χ4n) is 2.85. The quantitative estimate of drug-likeness (QED) is 0.827. The number of likely N-dealkylation sites (tertiary alicyclic amines) is 1. The maximum absolute atomic E-state index is 13.0. The zero-order valence-corrected chi connectivity index (χ0v) is 14.5. The first kappa shape index (κ1) is 17.5. The Morgan fingerprint density at radius 3 is 2.88 bits per heavy atom.